The second-order valence-corrected chi connectivity index (χ2v) is 10.4. The number of hydrogen-bond donors (Lipinski definition) is 1. The number of fused-ring (bicyclic) bond motifs is 1. The van der Waals surface area contributed by atoms with E-state index in [0.29, 0.717) is 30.3 Å². The van der Waals surface area contributed by atoms with Gasteiger partial charge in [0.05, 0.1) is 11.7 Å². The molecule has 3 saturated heterocycles. The molecule has 6 nitrogen and oxygen atoms in total. The first kappa shape index (κ1) is 17.5. The van der Waals surface area contributed by atoms with Crippen LogP contribution < -0.4 is 5.32 Å². The third kappa shape index (κ3) is 2.83. The lowest BCUT2D eigenvalue weighted by Gasteiger charge is -2.29. The summed E-state index contributed by atoms with van der Waals surface area (Å²) in [5.41, 5.74) is -0.352. The van der Waals surface area contributed by atoms with Gasteiger partial charge in [-0.05, 0) is 30.7 Å². The number of nitrogens with one attached hydrogen (secondary N) is 1. The van der Waals surface area contributed by atoms with Crippen molar-refractivity contribution in [3.8, 4) is 0 Å². The highest BCUT2D eigenvalue weighted by molar-refractivity contribution is 7.91. The molecule has 138 valence electrons. The van der Waals surface area contributed by atoms with Gasteiger partial charge in [-0.15, -0.1) is 11.3 Å². The molecule has 0 saturated carbocycles. The van der Waals surface area contributed by atoms with Gasteiger partial charge in [-0.2, -0.15) is 4.31 Å². The Morgan fingerprint density at radius 1 is 1.52 bits per heavy atom. The molecule has 3 aliphatic heterocycles. The van der Waals surface area contributed by atoms with Gasteiger partial charge in [-0.25, -0.2) is 8.42 Å². The van der Waals surface area contributed by atoms with Crippen LogP contribution in [0.3, 0.4) is 0 Å². The van der Waals surface area contributed by atoms with Crippen molar-refractivity contribution in [1.29, 1.82) is 0 Å². The second-order valence-electron chi connectivity index (χ2n) is 7.31. The molecule has 1 aromatic rings. The highest BCUT2D eigenvalue weighted by atomic mass is 32.2. The number of sulfonamides is 1. The average Bonchev–Trinajstić information content (AvgIpc) is 3.32. The number of hydrogen-bond acceptors (Lipinski definition) is 5. The highest BCUT2D eigenvalue weighted by Crippen LogP contribution is 2.55. The summed E-state index contributed by atoms with van der Waals surface area (Å²) in [6, 6.07) is 3.42. The molecule has 4 heterocycles. The summed E-state index contributed by atoms with van der Waals surface area (Å²) in [5, 5.41) is 4.80. The van der Waals surface area contributed by atoms with Crippen LogP contribution in [0.2, 0.25) is 0 Å². The quantitative estimate of drug-likeness (QED) is 0.812. The standard InChI is InChI=1S/C17H24N2O4S2/c1-2-4-15(20)18-9-12-13-10-19(11-17(13)7-6-14(12)23-17)25(21,22)16-5-3-8-24-16/h3,5,8,12-14H,2,4,6-7,9-11H2,1H3,(H,18,20)/t12-,13+,14+,17+/m0/s1. The lowest BCUT2D eigenvalue weighted by atomic mass is 9.73. The molecule has 1 N–H and O–H groups in total. The average molecular weight is 385 g/mol. The summed E-state index contributed by atoms with van der Waals surface area (Å²) in [4.78, 5) is 11.8. The van der Waals surface area contributed by atoms with Gasteiger partial charge in [0.25, 0.3) is 10.0 Å². The highest BCUT2D eigenvalue weighted by Gasteiger charge is 2.64. The van der Waals surface area contributed by atoms with E-state index < -0.39 is 10.0 Å². The molecule has 1 spiro atoms. The number of nitrogens with zero attached hydrogens (tertiary/aromatic N) is 1. The normalized spacial score (nSPS) is 34.4. The van der Waals surface area contributed by atoms with Crippen LogP contribution in [-0.2, 0) is 19.6 Å². The van der Waals surface area contributed by atoms with Gasteiger partial charge in [0.15, 0.2) is 0 Å². The molecular formula is C17H24N2O4S2. The minimum atomic E-state index is -3.45. The fourth-order valence-electron chi connectivity index (χ4n) is 4.69. The number of thiophene rings is 1. The van der Waals surface area contributed by atoms with Crippen molar-refractivity contribution >= 4 is 27.3 Å². The molecule has 2 bridgehead atoms. The van der Waals surface area contributed by atoms with Crippen molar-refractivity contribution in [3.05, 3.63) is 17.5 Å². The van der Waals surface area contributed by atoms with Crippen LogP contribution in [0.5, 0.6) is 0 Å². The Kier molecular flexibility index (Phi) is 4.42. The van der Waals surface area contributed by atoms with Gasteiger partial charge in [-0.3, -0.25) is 4.79 Å². The SMILES string of the molecule is CCCC(=O)NC[C@H]1[C@H]2CN(S(=O)(=O)c3cccs3)C[C@]23CC[C@H]1O3. The number of rotatable bonds is 6. The van der Waals surface area contributed by atoms with Gasteiger partial charge in [0.1, 0.15) is 4.21 Å². The van der Waals surface area contributed by atoms with E-state index in [1.54, 1.807) is 21.8 Å². The minimum absolute atomic E-state index is 0.0698. The van der Waals surface area contributed by atoms with E-state index in [0.717, 1.165) is 19.3 Å². The van der Waals surface area contributed by atoms with Crippen LogP contribution >= 0.6 is 11.3 Å². The lowest BCUT2D eigenvalue weighted by molar-refractivity contribution is -0.121. The third-order valence-corrected chi connectivity index (χ3v) is 9.04. The fraction of sp³-hybridized carbons (Fsp3) is 0.706. The first-order valence-corrected chi connectivity index (χ1v) is 11.3. The molecule has 25 heavy (non-hydrogen) atoms. The van der Waals surface area contributed by atoms with Crippen molar-refractivity contribution in [2.24, 2.45) is 11.8 Å². The summed E-state index contributed by atoms with van der Waals surface area (Å²) in [6.07, 6.45) is 3.39. The Hall–Kier alpha value is -0.960. The first-order chi connectivity index (χ1) is 12.0. The van der Waals surface area contributed by atoms with E-state index in [4.69, 9.17) is 4.74 Å². The van der Waals surface area contributed by atoms with Crippen LogP contribution in [0.25, 0.3) is 0 Å². The van der Waals surface area contributed by atoms with Crippen LogP contribution in [0, 0.1) is 11.8 Å². The number of carbonyl (C=O) groups is 1. The summed E-state index contributed by atoms with van der Waals surface area (Å²) in [6.45, 7) is 3.50. The molecule has 1 amide bonds. The van der Waals surface area contributed by atoms with Crippen molar-refractivity contribution in [2.75, 3.05) is 19.6 Å². The predicted octanol–water partition coefficient (Wildman–Crippen LogP) is 1.83. The summed E-state index contributed by atoms with van der Waals surface area (Å²) in [5.74, 6) is 0.446. The molecule has 4 atom stereocenters. The smallest absolute Gasteiger partial charge is 0.252 e. The molecule has 0 radical (unpaired) electrons. The maximum absolute atomic E-state index is 12.9. The Morgan fingerprint density at radius 2 is 2.36 bits per heavy atom. The Bertz CT molecular complexity index is 749. The van der Waals surface area contributed by atoms with Crippen molar-refractivity contribution in [1.82, 2.24) is 9.62 Å². The molecule has 3 aliphatic rings. The number of amides is 1. The molecule has 0 unspecified atom stereocenters. The molecule has 1 aromatic heterocycles. The van der Waals surface area contributed by atoms with E-state index in [1.807, 2.05) is 6.92 Å². The topological polar surface area (TPSA) is 75.7 Å². The summed E-state index contributed by atoms with van der Waals surface area (Å²) >= 11 is 1.25. The predicted molar refractivity (Wildman–Crippen MR) is 94.8 cm³/mol. The summed E-state index contributed by atoms with van der Waals surface area (Å²) in [7, 11) is -3.45. The first-order valence-electron chi connectivity index (χ1n) is 8.94. The van der Waals surface area contributed by atoms with E-state index >= 15 is 0 Å². The van der Waals surface area contributed by atoms with Crippen molar-refractivity contribution in [3.63, 3.8) is 0 Å². The van der Waals surface area contributed by atoms with Crippen LogP contribution in [-0.4, -0.2) is 50.0 Å². The number of carbonyl (C=O) groups excluding carboxylic acids is 1. The van der Waals surface area contributed by atoms with Gasteiger partial charge in [-0.1, -0.05) is 13.0 Å². The van der Waals surface area contributed by atoms with Crippen LogP contribution in [0.15, 0.2) is 21.7 Å². The van der Waals surface area contributed by atoms with Gasteiger partial charge >= 0.3 is 0 Å². The van der Waals surface area contributed by atoms with E-state index in [1.165, 1.54) is 11.3 Å². The van der Waals surface area contributed by atoms with Crippen LogP contribution in [0.4, 0.5) is 0 Å². The van der Waals surface area contributed by atoms with Gasteiger partial charge < -0.3 is 10.1 Å². The fourth-order valence-corrected chi connectivity index (χ4v) is 7.36. The Morgan fingerprint density at radius 3 is 3.08 bits per heavy atom. The zero-order valence-electron chi connectivity index (χ0n) is 14.3. The summed E-state index contributed by atoms with van der Waals surface area (Å²) < 4.78 is 34.0. The minimum Gasteiger partial charge on any atom is -0.370 e. The zero-order valence-corrected chi connectivity index (χ0v) is 15.9. The second kappa shape index (κ2) is 6.33. The third-order valence-electron chi connectivity index (χ3n) is 5.85. The van der Waals surface area contributed by atoms with Crippen molar-refractivity contribution in [2.45, 2.75) is 48.5 Å². The van der Waals surface area contributed by atoms with E-state index in [9.17, 15) is 13.2 Å². The number of ether oxygens (including phenoxy) is 1. The molecule has 4 rings (SSSR count). The van der Waals surface area contributed by atoms with E-state index in [-0.39, 0.29) is 29.4 Å². The van der Waals surface area contributed by atoms with Crippen LogP contribution in [0.1, 0.15) is 32.6 Å². The molecule has 0 aromatic carbocycles. The molecule has 8 heteroatoms. The molecular weight excluding hydrogens is 360 g/mol. The maximum atomic E-state index is 12.9. The monoisotopic (exact) mass is 384 g/mol. The zero-order chi connectivity index (χ0) is 17.7. The van der Waals surface area contributed by atoms with Gasteiger partial charge in [0.2, 0.25) is 5.91 Å². The molecule has 0 aliphatic carbocycles. The van der Waals surface area contributed by atoms with Gasteiger partial charge in [0, 0.05) is 37.9 Å². The lowest BCUT2D eigenvalue weighted by Crippen LogP contribution is -2.41. The maximum Gasteiger partial charge on any atom is 0.252 e. The van der Waals surface area contributed by atoms with E-state index in [2.05, 4.69) is 5.32 Å². The van der Waals surface area contributed by atoms with Crippen molar-refractivity contribution < 1.29 is 17.9 Å². The Labute approximate surface area is 152 Å². The Balaban J connectivity index is 1.50. The molecule has 3 fully saturated rings. The largest absolute Gasteiger partial charge is 0.370 e.